The molecule has 1 rings (SSSR count). The summed E-state index contributed by atoms with van der Waals surface area (Å²) in [6.07, 6.45) is -2.86. The number of amides is 1. The van der Waals surface area contributed by atoms with Crippen LogP contribution >= 0.6 is 0 Å². The minimum atomic E-state index is -4.41. The van der Waals surface area contributed by atoms with E-state index < -0.39 is 17.8 Å². The van der Waals surface area contributed by atoms with E-state index in [4.69, 9.17) is 0 Å². The SMILES string of the molecule is CCCNC(=O)C(C)Nc1ccc(C(F)(F)F)cn1. The van der Waals surface area contributed by atoms with Crippen LogP contribution in [-0.4, -0.2) is 23.5 Å². The summed E-state index contributed by atoms with van der Waals surface area (Å²) < 4.78 is 37.0. The Morgan fingerprint density at radius 1 is 1.42 bits per heavy atom. The van der Waals surface area contributed by atoms with E-state index in [1.165, 1.54) is 6.07 Å². The van der Waals surface area contributed by atoms with E-state index in [9.17, 15) is 18.0 Å². The molecule has 0 radical (unpaired) electrons. The lowest BCUT2D eigenvalue weighted by Gasteiger charge is -2.14. The summed E-state index contributed by atoms with van der Waals surface area (Å²) in [5, 5.41) is 5.42. The van der Waals surface area contributed by atoms with Crippen molar-refractivity contribution >= 4 is 11.7 Å². The molecular weight excluding hydrogens is 259 g/mol. The zero-order chi connectivity index (χ0) is 14.5. The lowest BCUT2D eigenvalue weighted by atomic mass is 10.2. The van der Waals surface area contributed by atoms with Crippen LogP contribution in [0, 0.1) is 0 Å². The van der Waals surface area contributed by atoms with Crippen LogP contribution in [0.25, 0.3) is 0 Å². The summed E-state index contributed by atoms with van der Waals surface area (Å²) in [5.74, 6) is 0.00990. The van der Waals surface area contributed by atoms with E-state index in [-0.39, 0.29) is 11.7 Å². The molecule has 0 aliphatic carbocycles. The van der Waals surface area contributed by atoms with Crippen molar-refractivity contribution in [3.8, 4) is 0 Å². The fourth-order valence-corrected chi connectivity index (χ4v) is 1.34. The molecule has 0 aliphatic heterocycles. The second-order valence-electron chi connectivity index (χ2n) is 4.09. The van der Waals surface area contributed by atoms with Gasteiger partial charge in [0.15, 0.2) is 0 Å². The molecule has 1 aromatic heterocycles. The monoisotopic (exact) mass is 275 g/mol. The van der Waals surface area contributed by atoms with Crippen molar-refractivity contribution < 1.29 is 18.0 Å². The minimum absolute atomic E-state index is 0.219. The summed E-state index contributed by atoms with van der Waals surface area (Å²) in [7, 11) is 0. The maximum Gasteiger partial charge on any atom is 0.417 e. The quantitative estimate of drug-likeness (QED) is 0.867. The Balaban J connectivity index is 2.60. The number of anilines is 1. The Hall–Kier alpha value is -1.79. The van der Waals surface area contributed by atoms with Gasteiger partial charge in [-0.2, -0.15) is 13.2 Å². The van der Waals surface area contributed by atoms with Gasteiger partial charge in [-0.1, -0.05) is 6.92 Å². The number of alkyl halides is 3. The van der Waals surface area contributed by atoms with Crippen molar-refractivity contribution in [3.63, 3.8) is 0 Å². The molecule has 19 heavy (non-hydrogen) atoms. The third kappa shape index (κ3) is 4.76. The van der Waals surface area contributed by atoms with E-state index in [1.54, 1.807) is 6.92 Å². The molecule has 0 bridgehead atoms. The Morgan fingerprint density at radius 3 is 2.58 bits per heavy atom. The predicted molar refractivity (Wildman–Crippen MR) is 65.6 cm³/mol. The molecule has 0 spiro atoms. The minimum Gasteiger partial charge on any atom is -0.359 e. The molecule has 0 saturated carbocycles. The third-order valence-electron chi connectivity index (χ3n) is 2.40. The lowest BCUT2D eigenvalue weighted by molar-refractivity contribution is -0.137. The second kappa shape index (κ2) is 6.40. The largest absolute Gasteiger partial charge is 0.417 e. The number of halogens is 3. The predicted octanol–water partition coefficient (Wildman–Crippen LogP) is 2.43. The van der Waals surface area contributed by atoms with Crippen LogP contribution in [0.1, 0.15) is 25.8 Å². The van der Waals surface area contributed by atoms with Gasteiger partial charge in [0.05, 0.1) is 5.56 Å². The maximum atomic E-state index is 12.3. The fourth-order valence-electron chi connectivity index (χ4n) is 1.34. The van der Waals surface area contributed by atoms with Crippen molar-refractivity contribution in [2.75, 3.05) is 11.9 Å². The lowest BCUT2D eigenvalue weighted by Crippen LogP contribution is -2.38. The number of nitrogens with one attached hydrogen (secondary N) is 2. The second-order valence-corrected chi connectivity index (χ2v) is 4.09. The molecule has 106 valence electrons. The van der Waals surface area contributed by atoms with Crippen LogP contribution in [0.3, 0.4) is 0 Å². The van der Waals surface area contributed by atoms with Gasteiger partial charge >= 0.3 is 6.18 Å². The molecule has 1 amide bonds. The maximum absolute atomic E-state index is 12.3. The molecule has 1 atom stereocenters. The van der Waals surface area contributed by atoms with Crippen molar-refractivity contribution in [1.82, 2.24) is 10.3 Å². The number of rotatable bonds is 5. The molecule has 0 saturated heterocycles. The first-order valence-electron chi connectivity index (χ1n) is 5.92. The Kier molecular flexibility index (Phi) is 5.14. The first-order chi connectivity index (χ1) is 8.84. The summed E-state index contributed by atoms with van der Waals surface area (Å²) in [6, 6.07) is 1.56. The van der Waals surface area contributed by atoms with Gasteiger partial charge < -0.3 is 10.6 Å². The highest BCUT2D eigenvalue weighted by Crippen LogP contribution is 2.28. The number of nitrogens with zero attached hydrogens (tertiary/aromatic N) is 1. The van der Waals surface area contributed by atoms with Gasteiger partial charge in [-0.15, -0.1) is 0 Å². The zero-order valence-corrected chi connectivity index (χ0v) is 10.7. The van der Waals surface area contributed by atoms with Gasteiger partial charge in [-0.3, -0.25) is 4.79 Å². The van der Waals surface area contributed by atoms with E-state index in [0.717, 1.165) is 18.7 Å². The molecule has 1 heterocycles. The number of pyridine rings is 1. The third-order valence-corrected chi connectivity index (χ3v) is 2.40. The summed E-state index contributed by atoms with van der Waals surface area (Å²) in [6.45, 7) is 4.10. The molecule has 7 heteroatoms. The number of carbonyl (C=O) groups excluding carboxylic acids is 1. The highest BCUT2D eigenvalue weighted by molar-refractivity contribution is 5.83. The number of aromatic nitrogens is 1. The molecule has 2 N–H and O–H groups in total. The zero-order valence-electron chi connectivity index (χ0n) is 10.7. The van der Waals surface area contributed by atoms with E-state index >= 15 is 0 Å². The summed E-state index contributed by atoms with van der Waals surface area (Å²) in [5.41, 5.74) is -0.818. The molecule has 0 fully saturated rings. The molecule has 0 aliphatic rings. The molecule has 0 aromatic carbocycles. The van der Waals surface area contributed by atoms with Gasteiger partial charge in [0.25, 0.3) is 0 Å². The van der Waals surface area contributed by atoms with Crippen molar-refractivity contribution in [2.45, 2.75) is 32.5 Å². The van der Waals surface area contributed by atoms with Gasteiger partial charge in [-0.25, -0.2) is 4.98 Å². The standard InChI is InChI=1S/C12H16F3N3O/c1-3-6-16-11(19)8(2)18-10-5-4-9(7-17-10)12(13,14)15/h4-5,7-8H,3,6H2,1-2H3,(H,16,19)(H,17,18). The normalized spacial score (nSPS) is 12.9. The van der Waals surface area contributed by atoms with Gasteiger partial charge in [-0.05, 0) is 25.5 Å². The van der Waals surface area contributed by atoms with Crippen molar-refractivity contribution in [1.29, 1.82) is 0 Å². The Labute approximate surface area is 109 Å². The molecule has 1 aromatic rings. The summed E-state index contributed by atoms with van der Waals surface area (Å²) in [4.78, 5) is 15.2. The number of hydrogen-bond donors (Lipinski definition) is 2. The topological polar surface area (TPSA) is 54.0 Å². The number of carbonyl (C=O) groups is 1. The van der Waals surface area contributed by atoms with Crippen LogP contribution < -0.4 is 10.6 Å². The average molecular weight is 275 g/mol. The Morgan fingerprint density at radius 2 is 2.11 bits per heavy atom. The van der Waals surface area contributed by atoms with E-state index in [0.29, 0.717) is 6.54 Å². The van der Waals surface area contributed by atoms with Crippen molar-refractivity contribution in [3.05, 3.63) is 23.9 Å². The first-order valence-corrected chi connectivity index (χ1v) is 5.92. The average Bonchev–Trinajstić information content (AvgIpc) is 2.35. The van der Waals surface area contributed by atoms with E-state index in [1.807, 2.05) is 6.92 Å². The van der Waals surface area contributed by atoms with Gasteiger partial charge in [0.2, 0.25) is 5.91 Å². The highest BCUT2D eigenvalue weighted by Gasteiger charge is 2.30. The van der Waals surface area contributed by atoms with Crippen molar-refractivity contribution in [2.24, 2.45) is 0 Å². The fraction of sp³-hybridized carbons (Fsp3) is 0.500. The summed E-state index contributed by atoms with van der Waals surface area (Å²) >= 11 is 0. The molecule has 4 nitrogen and oxygen atoms in total. The molecular formula is C12H16F3N3O. The van der Waals surface area contributed by atoms with Crippen LogP contribution in [-0.2, 0) is 11.0 Å². The van der Waals surface area contributed by atoms with Crippen LogP contribution in [0.2, 0.25) is 0 Å². The van der Waals surface area contributed by atoms with Gasteiger partial charge in [0.1, 0.15) is 11.9 Å². The first kappa shape index (κ1) is 15.3. The van der Waals surface area contributed by atoms with Crippen LogP contribution in [0.4, 0.5) is 19.0 Å². The van der Waals surface area contributed by atoms with Gasteiger partial charge in [0, 0.05) is 12.7 Å². The Bertz CT molecular complexity index is 417. The van der Waals surface area contributed by atoms with Crippen LogP contribution in [0.5, 0.6) is 0 Å². The smallest absolute Gasteiger partial charge is 0.359 e. The highest BCUT2D eigenvalue weighted by atomic mass is 19.4. The molecule has 1 unspecified atom stereocenters. The number of hydrogen-bond acceptors (Lipinski definition) is 3. The van der Waals surface area contributed by atoms with Crippen LogP contribution in [0.15, 0.2) is 18.3 Å². The van der Waals surface area contributed by atoms with E-state index in [2.05, 4.69) is 15.6 Å².